The second-order valence-electron chi connectivity index (χ2n) is 5.76. The maximum Gasteiger partial charge on any atom is 0.155 e. The number of anilines is 1. The number of hydrogen-bond acceptors (Lipinski definition) is 4. The molecule has 0 spiro atoms. The molecule has 0 atom stereocenters. The van der Waals surface area contributed by atoms with Gasteiger partial charge in [-0.1, -0.05) is 48.5 Å². The van der Waals surface area contributed by atoms with Gasteiger partial charge in [-0.3, -0.25) is 0 Å². The number of nitrogens with zero attached hydrogens (tertiary/aromatic N) is 3. The first kappa shape index (κ1) is 14.8. The van der Waals surface area contributed by atoms with E-state index in [1.165, 1.54) is 0 Å². The Kier molecular flexibility index (Phi) is 4.21. The summed E-state index contributed by atoms with van der Waals surface area (Å²) in [6, 6.07) is 18.3. The smallest absolute Gasteiger partial charge is 0.155 e. The van der Waals surface area contributed by atoms with Crippen LogP contribution in [0.15, 0.2) is 54.6 Å². The summed E-state index contributed by atoms with van der Waals surface area (Å²) in [7, 11) is 0. The van der Waals surface area contributed by atoms with Gasteiger partial charge in [0, 0.05) is 13.1 Å². The number of benzene rings is 2. The van der Waals surface area contributed by atoms with Gasteiger partial charge in [-0.2, -0.15) is 0 Å². The maximum atomic E-state index is 5.47. The molecular formula is C20H19N3O. The fourth-order valence-electron chi connectivity index (χ4n) is 2.86. The van der Waals surface area contributed by atoms with Crippen LogP contribution in [0.25, 0.3) is 23.2 Å². The van der Waals surface area contributed by atoms with Gasteiger partial charge in [0.2, 0.25) is 0 Å². The van der Waals surface area contributed by atoms with Gasteiger partial charge in [0.1, 0.15) is 5.69 Å². The highest BCUT2D eigenvalue weighted by atomic mass is 16.5. The molecule has 0 bridgehead atoms. The number of hydrogen-bond donors (Lipinski definition) is 0. The van der Waals surface area contributed by atoms with E-state index in [2.05, 4.69) is 29.2 Å². The minimum atomic E-state index is 0.732. The summed E-state index contributed by atoms with van der Waals surface area (Å²) in [5.41, 5.74) is 3.90. The van der Waals surface area contributed by atoms with Gasteiger partial charge in [-0.15, -0.1) is 0 Å². The lowest BCUT2D eigenvalue weighted by molar-refractivity contribution is 0.122. The van der Waals surface area contributed by atoms with E-state index in [1.807, 2.05) is 42.5 Å². The van der Waals surface area contributed by atoms with Crippen LogP contribution in [0.3, 0.4) is 0 Å². The lowest BCUT2D eigenvalue weighted by Crippen LogP contribution is -2.37. The van der Waals surface area contributed by atoms with E-state index in [1.54, 1.807) is 0 Å². The fraction of sp³-hybridized carbons (Fsp3) is 0.200. The highest BCUT2D eigenvalue weighted by Crippen LogP contribution is 2.23. The zero-order valence-corrected chi connectivity index (χ0v) is 13.4. The van der Waals surface area contributed by atoms with Gasteiger partial charge in [0.05, 0.1) is 24.2 Å². The van der Waals surface area contributed by atoms with E-state index in [0.29, 0.717) is 0 Å². The summed E-state index contributed by atoms with van der Waals surface area (Å²) in [5, 5.41) is 0. The van der Waals surface area contributed by atoms with Gasteiger partial charge in [0.15, 0.2) is 5.82 Å². The standard InChI is InChI=1S/C20H19N3O/c1-2-6-16(7-3-1)10-11-19-20(23-12-14-24-15-13-23)22-18-9-5-4-8-17(18)21-19/h1-11H,12-15H2/b11-10+. The number of rotatable bonds is 3. The topological polar surface area (TPSA) is 38.2 Å². The highest BCUT2D eigenvalue weighted by Gasteiger charge is 2.17. The quantitative estimate of drug-likeness (QED) is 0.739. The Labute approximate surface area is 141 Å². The summed E-state index contributed by atoms with van der Waals surface area (Å²) in [6.07, 6.45) is 4.14. The van der Waals surface area contributed by atoms with E-state index in [9.17, 15) is 0 Å². The minimum Gasteiger partial charge on any atom is -0.378 e. The molecule has 0 amide bonds. The largest absolute Gasteiger partial charge is 0.378 e. The van der Waals surface area contributed by atoms with Crippen LogP contribution in [0.2, 0.25) is 0 Å². The van der Waals surface area contributed by atoms with E-state index in [0.717, 1.165) is 54.4 Å². The molecule has 4 rings (SSSR count). The molecule has 1 aliphatic rings. The third kappa shape index (κ3) is 3.14. The first-order valence-corrected chi connectivity index (χ1v) is 8.23. The van der Waals surface area contributed by atoms with Crippen molar-refractivity contribution in [2.75, 3.05) is 31.2 Å². The zero-order chi connectivity index (χ0) is 16.2. The summed E-state index contributed by atoms with van der Waals surface area (Å²) in [5.74, 6) is 0.934. The first-order chi connectivity index (χ1) is 11.9. The highest BCUT2D eigenvalue weighted by molar-refractivity contribution is 5.82. The summed E-state index contributed by atoms with van der Waals surface area (Å²) in [4.78, 5) is 12.0. The Balaban J connectivity index is 1.77. The average molecular weight is 317 g/mol. The Hall–Kier alpha value is -2.72. The number of ether oxygens (including phenoxy) is 1. The van der Waals surface area contributed by atoms with Crippen LogP contribution in [0, 0.1) is 0 Å². The number of aromatic nitrogens is 2. The van der Waals surface area contributed by atoms with Gasteiger partial charge in [0.25, 0.3) is 0 Å². The van der Waals surface area contributed by atoms with Crippen molar-refractivity contribution in [3.05, 3.63) is 65.9 Å². The molecule has 1 saturated heterocycles. The van der Waals surface area contributed by atoms with Crippen LogP contribution < -0.4 is 4.90 Å². The normalized spacial score (nSPS) is 15.2. The van der Waals surface area contributed by atoms with E-state index >= 15 is 0 Å². The molecule has 24 heavy (non-hydrogen) atoms. The molecule has 0 radical (unpaired) electrons. The number of para-hydroxylation sites is 2. The van der Waals surface area contributed by atoms with Crippen molar-refractivity contribution in [3.8, 4) is 0 Å². The van der Waals surface area contributed by atoms with E-state index < -0.39 is 0 Å². The van der Waals surface area contributed by atoms with Crippen LogP contribution >= 0.6 is 0 Å². The van der Waals surface area contributed by atoms with Gasteiger partial charge < -0.3 is 9.64 Å². The van der Waals surface area contributed by atoms with E-state index in [4.69, 9.17) is 14.7 Å². The first-order valence-electron chi connectivity index (χ1n) is 8.23. The number of fused-ring (bicyclic) bond motifs is 1. The zero-order valence-electron chi connectivity index (χ0n) is 13.4. The van der Waals surface area contributed by atoms with Crippen LogP contribution in [-0.4, -0.2) is 36.3 Å². The minimum absolute atomic E-state index is 0.732. The van der Waals surface area contributed by atoms with E-state index in [-0.39, 0.29) is 0 Å². The van der Waals surface area contributed by atoms with Crippen LogP contribution in [0.4, 0.5) is 5.82 Å². The third-order valence-electron chi connectivity index (χ3n) is 4.12. The molecule has 0 aliphatic carbocycles. The molecule has 3 aromatic rings. The number of morpholine rings is 1. The van der Waals surface area contributed by atoms with Crippen molar-refractivity contribution in [3.63, 3.8) is 0 Å². The Morgan fingerprint density at radius 1 is 0.792 bits per heavy atom. The molecule has 4 nitrogen and oxygen atoms in total. The molecule has 1 aromatic heterocycles. The molecule has 1 aliphatic heterocycles. The van der Waals surface area contributed by atoms with Crippen molar-refractivity contribution in [1.29, 1.82) is 0 Å². The molecule has 0 saturated carbocycles. The molecule has 0 unspecified atom stereocenters. The summed E-state index contributed by atoms with van der Waals surface area (Å²) in [6.45, 7) is 3.16. The second-order valence-corrected chi connectivity index (χ2v) is 5.76. The van der Waals surface area contributed by atoms with Crippen LogP contribution in [0.1, 0.15) is 11.3 Å². The Morgan fingerprint density at radius 3 is 2.21 bits per heavy atom. The lowest BCUT2D eigenvalue weighted by Gasteiger charge is -2.28. The fourth-order valence-corrected chi connectivity index (χ4v) is 2.86. The summed E-state index contributed by atoms with van der Waals surface area (Å²) >= 11 is 0. The summed E-state index contributed by atoms with van der Waals surface area (Å²) < 4.78 is 5.47. The van der Waals surface area contributed by atoms with Gasteiger partial charge in [-0.25, -0.2) is 9.97 Å². The van der Waals surface area contributed by atoms with Crippen molar-refractivity contribution in [1.82, 2.24) is 9.97 Å². The molecule has 4 heteroatoms. The molecular weight excluding hydrogens is 298 g/mol. The van der Waals surface area contributed by atoms with Crippen molar-refractivity contribution < 1.29 is 4.74 Å². The van der Waals surface area contributed by atoms with Crippen LogP contribution in [-0.2, 0) is 4.74 Å². The monoisotopic (exact) mass is 317 g/mol. The Bertz CT molecular complexity index is 855. The lowest BCUT2D eigenvalue weighted by atomic mass is 10.2. The second kappa shape index (κ2) is 6.81. The SMILES string of the molecule is C(=C\c1nc2ccccc2nc1N1CCOCC1)/c1ccccc1. The molecule has 1 fully saturated rings. The van der Waals surface area contributed by atoms with Gasteiger partial charge in [-0.05, 0) is 23.8 Å². The Morgan fingerprint density at radius 2 is 1.46 bits per heavy atom. The van der Waals surface area contributed by atoms with Crippen molar-refractivity contribution >= 4 is 29.0 Å². The average Bonchev–Trinajstić information content (AvgIpc) is 2.67. The van der Waals surface area contributed by atoms with Crippen LogP contribution in [0.5, 0.6) is 0 Å². The molecule has 120 valence electrons. The van der Waals surface area contributed by atoms with Crippen molar-refractivity contribution in [2.24, 2.45) is 0 Å². The third-order valence-corrected chi connectivity index (χ3v) is 4.12. The molecule has 2 aromatic carbocycles. The predicted molar refractivity (Wildman–Crippen MR) is 97.9 cm³/mol. The van der Waals surface area contributed by atoms with Gasteiger partial charge >= 0.3 is 0 Å². The maximum absolute atomic E-state index is 5.47. The van der Waals surface area contributed by atoms with Crippen molar-refractivity contribution in [2.45, 2.75) is 0 Å². The predicted octanol–water partition coefficient (Wildman–Crippen LogP) is 3.64. The molecule has 2 heterocycles. The molecule has 0 N–H and O–H groups in total.